The van der Waals surface area contributed by atoms with E-state index in [-0.39, 0.29) is 0 Å². The third kappa shape index (κ3) is 9.45. The van der Waals surface area contributed by atoms with Gasteiger partial charge in [0.1, 0.15) is 17.2 Å². The van der Waals surface area contributed by atoms with Gasteiger partial charge in [0, 0.05) is 6.08 Å². The van der Waals surface area contributed by atoms with Gasteiger partial charge < -0.3 is 18.9 Å². The molecule has 0 aliphatic rings. The molecule has 7 nitrogen and oxygen atoms in total. The topological polar surface area (TPSA) is 88.1 Å². The Balaban J connectivity index is 1.47. The minimum atomic E-state index is -0.521. The predicted molar refractivity (Wildman–Crippen MR) is 148 cm³/mol. The van der Waals surface area contributed by atoms with Crippen LogP contribution in [0.4, 0.5) is 0 Å². The molecule has 0 fully saturated rings. The van der Waals surface area contributed by atoms with Crippen LogP contribution in [0.3, 0.4) is 0 Å². The SMILES string of the molecule is C=CC(=O)OCCCCOc1ccc(C(=O)Oc2ccc(C(=O)Oc3ccc(CCCC)cc3)cc2)cc1C. The van der Waals surface area contributed by atoms with E-state index in [1.54, 1.807) is 54.6 Å². The summed E-state index contributed by atoms with van der Waals surface area (Å²) in [6.45, 7) is 8.11. The predicted octanol–water partition coefficient (Wildman–Crippen LogP) is 6.66. The molecule has 0 atom stereocenters. The zero-order valence-electron chi connectivity index (χ0n) is 22.4. The molecular weight excluding hydrogens is 496 g/mol. The number of carbonyl (C=O) groups is 3. The molecule has 0 saturated carbocycles. The van der Waals surface area contributed by atoms with Gasteiger partial charge in [-0.05, 0) is 98.3 Å². The van der Waals surface area contributed by atoms with Crippen molar-refractivity contribution in [1.29, 1.82) is 0 Å². The summed E-state index contributed by atoms with van der Waals surface area (Å²) >= 11 is 0. The highest BCUT2D eigenvalue weighted by molar-refractivity contribution is 5.93. The Hall–Kier alpha value is -4.39. The summed E-state index contributed by atoms with van der Waals surface area (Å²) in [4.78, 5) is 36.2. The first-order valence-electron chi connectivity index (χ1n) is 13.1. The standard InChI is InChI=1S/C32H34O7/c1-4-6-9-24-10-15-27(16-11-24)38-31(34)25-12-17-28(18-13-25)39-32(35)26-14-19-29(23(3)22-26)36-20-7-8-21-37-30(33)5-2/h5,10-19,22H,2,4,6-9,20-21H2,1,3H3. The molecule has 0 aliphatic carbocycles. The molecule has 0 aliphatic heterocycles. The normalized spacial score (nSPS) is 10.4. The molecule has 0 N–H and O–H groups in total. The van der Waals surface area contributed by atoms with E-state index in [4.69, 9.17) is 18.9 Å². The first-order chi connectivity index (χ1) is 18.9. The Morgan fingerprint density at radius 1 is 0.769 bits per heavy atom. The van der Waals surface area contributed by atoms with Crippen molar-refractivity contribution in [1.82, 2.24) is 0 Å². The van der Waals surface area contributed by atoms with Crippen LogP contribution in [0.2, 0.25) is 0 Å². The molecule has 0 radical (unpaired) electrons. The van der Waals surface area contributed by atoms with Gasteiger partial charge in [-0.25, -0.2) is 14.4 Å². The summed E-state index contributed by atoms with van der Waals surface area (Å²) in [7, 11) is 0. The Bertz CT molecular complexity index is 1260. The maximum atomic E-state index is 12.6. The third-order valence-corrected chi connectivity index (χ3v) is 5.87. The van der Waals surface area contributed by atoms with E-state index in [2.05, 4.69) is 13.5 Å². The van der Waals surface area contributed by atoms with Gasteiger partial charge in [0.25, 0.3) is 0 Å². The van der Waals surface area contributed by atoms with E-state index in [1.807, 2.05) is 19.1 Å². The van der Waals surface area contributed by atoms with Crippen molar-refractivity contribution in [3.63, 3.8) is 0 Å². The molecule has 0 saturated heterocycles. The molecule has 0 bridgehead atoms. The van der Waals surface area contributed by atoms with Crippen LogP contribution in [0.25, 0.3) is 0 Å². The van der Waals surface area contributed by atoms with Crippen molar-refractivity contribution in [3.05, 3.63) is 102 Å². The summed E-state index contributed by atoms with van der Waals surface area (Å²) in [6, 6.07) is 18.8. The molecular formula is C32H34O7. The van der Waals surface area contributed by atoms with Gasteiger partial charge in [0.05, 0.1) is 24.3 Å². The minimum absolute atomic E-state index is 0.312. The van der Waals surface area contributed by atoms with E-state index in [0.29, 0.717) is 54.4 Å². The van der Waals surface area contributed by atoms with Gasteiger partial charge in [-0.2, -0.15) is 0 Å². The minimum Gasteiger partial charge on any atom is -0.493 e. The summed E-state index contributed by atoms with van der Waals surface area (Å²) in [6.07, 6.45) is 5.76. The fraction of sp³-hybridized carbons (Fsp3) is 0.281. The fourth-order valence-corrected chi connectivity index (χ4v) is 3.65. The Labute approximate surface area is 229 Å². The third-order valence-electron chi connectivity index (χ3n) is 5.87. The number of aryl methyl sites for hydroxylation is 2. The van der Waals surface area contributed by atoms with Gasteiger partial charge in [-0.3, -0.25) is 0 Å². The van der Waals surface area contributed by atoms with Crippen molar-refractivity contribution in [2.75, 3.05) is 13.2 Å². The summed E-state index contributed by atoms with van der Waals surface area (Å²) in [5.74, 6) is 0.00443. The maximum absolute atomic E-state index is 12.6. The van der Waals surface area contributed by atoms with Crippen LogP contribution < -0.4 is 14.2 Å². The Kier molecular flexibility index (Phi) is 11.3. The lowest BCUT2D eigenvalue weighted by Crippen LogP contribution is -2.11. The lowest BCUT2D eigenvalue weighted by atomic mass is 10.1. The molecule has 7 heteroatoms. The molecule has 0 heterocycles. The highest BCUT2D eigenvalue weighted by Gasteiger charge is 2.13. The first-order valence-corrected chi connectivity index (χ1v) is 13.1. The molecule has 204 valence electrons. The number of rotatable bonds is 14. The highest BCUT2D eigenvalue weighted by Crippen LogP contribution is 2.22. The van der Waals surface area contributed by atoms with Gasteiger partial charge in [0.15, 0.2) is 0 Å². The van der Waals surface area contributed by atoms with E-state index in [9.17, 15) is 14.4 Å². The average molecular weight is 531 g/mol. The first kappa shape index (κ1) is 29.2. The van der Waals surface area contributed by atoms with Crippen molar-refractivity contribution < 1.29 is 33.3 Å². The number of benzene rings is 3. The Morgan fingerprint density at radius 2 is 1.36 bits per heavy atom. The van der Waals surface area contributed by atoms with Crippen molar-refractivity contribution in [2.45, 2.75) is 46.0 Å². The average Bonchev–Trinajstić information content (AvgIpc) is 2.95. The molecule has 0 unspecified atom stereocenters. The van der Waals surface area contributed by atoms with Gasteiger partial charge in [0.2, 0.25) is 0 Å². The van der Waals surface area contributed by atoms with Crippen molar-refractivity contribution >= 4 is 17.9 Å². The monoisotopic (exact) mass is 530 g/mol. The molecule has 39 heavy (non-hydrogen) atoms. The lowest BCUT2D eigenvalue weighted by molar-refractivity contribution is -0.137. The van der Waals surface area contributed by atoms with Crippen LogP contribution in [-0.2, 0) is 16.0 Å². The van der Waals surface area contributed by atoms with E-state index in [1.165, 1.54) is 5.56 Å². The number of hydrogen-bond acceptors (Lipinski definition) is 7. The quantitative estimate of drug-likeness (QED) is 0.0996. The van der Waals surface area contributed by atoms with E-state index < -0.39 is 17.9 Å². The second-order valence-electron chi connectivity index (χ2n) is 8.96. The maximum Gasteiger partial charge on any atom is 0.343 e. The van der Waals surface area contributed by atoms with E-state index >= 15 is 0 Å². The van der Waals surface area contributed by atoms with Crippen LogP contribution >= 0.6 is 0 Å². The molecule has 3 rings (SSSR count). The summed E-state index contributed by atoms with van der Waals surface area (Å²) in [5.41, 5.74) is 2.73. The second kappa shape index (κ2) is 15.1. The molecule has 0 amide bonds. The van der Waals surface area contributed by atoms with Gasteiger partial charge in [-0.15, -0.1) is 0 Å². The zero-order valence-corrected chi connectivity index (χ0v) is 22.4. The van der Waals surface area contributed by atoms with Crippen LogP contribution in [0.1, 0.15) is 64.4 Å². The van der Waals surface area contributed by atoms with Crippen LogP contribution in [0.15, 0.2) is 79.4 Å². The number of ether oxygens (including phenoxy) is 4. The number of unbranched alkanes of at least 4 members (excludes halogenated alkanes) is 2. The van der Waals surface area contributed by atoms with Crippen molar-refractivity contribution in [2.24, 2.45) is 0 Å². The Morgan fingerprint density at radius 3 is 1.97 bits per heavy atom. The number of esters is 3. The molecule has 0 spiro atoms. The van der Waals surface area contributed by atoms with Crippen LogP contribution in [0.5, 0.6) is 17.2 Å². The van der Waals surface area contributed by atoms with Crippen LogP contribution in [-0.4, -0.2) is 31.1 Å². The van der Waals surface area contributed by atoms with Crippen molar-refractivity contribution in [3.8, 4) is 17.2 Å². The smallest absolute Gasteiger partial charge is 0.343 e. The summed E-state index contributed by atoms with van der Waals surface area (Å²) < 4.78 is 21.6. The number of hydrogen-bond donors (Lipinski definition) is 0. The molecule has 0 aromatic heterocycles. The molecule has 3 aromatic rings. The highest BCUT2D eigenvalue weighted by atomic mass is 16.5. The van der Waals surface area contributed by atoms with Crippen LogP contribution in [0, 0.1) is 6.92 Å². The largest absolute Gasteiger partial charge is 0.493 e. The summed E-state index contributed by atoms with van der Waals surface area (Å²) in [5, 5.41) is 0. The van der Waals surface area contributed by atoms with Gasteiger partial charge in [-0.1, -0.05) is 32.1 Å². The fourth-order valence-electron chi connectivity index (χ4n) is 3.65. The van der Waals surface area contributed by atoms with E-state index in [0.717, 1.165) is 30.9 Å². The lowest BCUT2D eigenvalue weighted by Gasteiger charge is -2.11. The van der Waals surface area contributed by atoms with Gasteiger partial charge >= 0.3 is 17.9 Å². The number of carbonyl (C=O) groups excluding carboxylic acids is 3. The zero-order chi connectivity index (χ0) is 28.0. The molecule has 3 aromatic carbocycles. The second-order valence-corrected chi connectivity index (χ2v) is 8.96.